The van der Waals surface area contributed by atoms with Crippen LogP contribution in [-0.4, -0.2) is 63.1 Å². The molecule has 0 unspecified atom stereocenters. The molecule has 2 aliphatic rings. The van der Waals surface area contributed by atoms with E-state index in [1.54, 1.807) is 0 Å². The average Bonchev–Trinajstić information content (AvgIpc) is 2.93. The van der Waals surface area contributed by atoms with Crippen molar-refractivity contribution in [3.63, 3.8) is 0 Å². The van der Waals surface area contributed by atoms with Crippen molar-refractivity contribution in [2.75, 3.05) is 26.2 Å². The van der Waals surface area contributed by atoms with E-state index in [2.05, 4.69) is 20.7 Å². The molecule has 0 spiro atoms. The van der Waals surface area contributed by atoms with E-state index in [9.17, 15) is 9.59 Å². The third-order valence-corrected chi connectivity index (χ3v) is 5.08. The Balaban J connectivity index is 0.000000321. The molecule has 1 aromatic rings. The molecule has 0 radical (unpaired) electrons. The normalized spacial score (nSPS) is 17.1. The molecule has 0 aliphatic carbocycles. The van der Waals surface area contributed by atoms with Gasteiger partial charge < -0.3 is 19.8 Å². The lowest BCUT2D eigenvalue weighted by molar-refractivity contribution is -0.134. The minimum Gasteiger partial charge on any atom is -0.478 e. The van der Waals surface area contributed by atoms with E-state index in [0.717, 1.165) is 31.9 Å². The molecule has 0 amide bonds. The number of aromatic nitrogens is 2. The molecular formula is C21H33N3O5. The van der Waals surface area contributed by atoms with Crippen molar-refractivity contribution >= 4 is 11.9 Å². The SMILES string of the molecule is O=C(O)/C=C\C(=O)O.c1c(OCCCCN2CCCCCC2)nn2c1CCCC2. The first-order valence-electron chi connectivity index (χ1n) is 10.6. The van der Waals surface area contributed by atoms with Gasteiger partial charge in [-0.1, -0.05) is 12.8 Å². The fraction of sp³-hybridized carbons (Fsp3) is 0.667. The molecule has 0 bridgehead atoms. The summed E-state index contributed by atoms with van der Waals surface area (Å²) < 4.78 is 7.94. The number of carboxylic acid groups (broad SMARTS) is 2. The van der Waals surface area contributed by atoms with E-state index in [0.29, 0.717) is 12.2 Å². The van der Waals surface area contributed by atoms with E-state index in [1.165, 1.54) is 70.3 Å². The Morgan fingerprint density at radius 3 is 2.24 bits per heavy atom. The van der Waals surface area contributed by atoms with Gasteiger partial charge in [-0.3, -0.25) is 4.68 Å². The quantitative estimate of drug-likeness (QED) is 0.504. The van der Waals surface area contributed by atoms with Crippen LogP contribution in [0.3, 0.4) is 0 Å². The van der Waals surface area contributed by atoms with Gasteiger partial charge in [-0.15, -0.1) is 5.10 Å². The largest absolute Gasteiger partial charge is 0.478 e. The molecule has 1 aromatic heterocycles. The van der Waals surface area contributed by atoms with E-state index >= 15 is 0 Å². The van der Waals surface area contributed by atoms with Gasteiger partial charge in [-0.25, -0.2) is 9.59 Å². The molecule has 2 aliphatic heterocycles. The molecule has 162 valence electrons. The maximum Gasteiger partial charge on any atom is 0.328 e. The highest BCUT2D eigenvalue weighted by Crippen LogP contribution is 2.19. The Bertz CT molecular complexity index is 624. The second kappa shape index (κ2) is 13.0. The van der Waals surface area contributed by atoms with Crippen LogP contribution in [0.5, 0.6) is 5.88 Å². The minimum atomic E-state index is -1.26. The van der Waals surface area contributed by atoms with Crippen molar-refractivity contribution in [1.82, 2.24) is 14.7 Å². The average molecular weight is 408 g/mol. The predicted molar refractivity (Wildman–Crippen MR) is 109 cm³/mol. The fourth-order valence-electron chi connectivity index (χ4n) is 3.58. The summed E-state index contributed by atoms with van der Waals surface area (Å²) in [6.07, 6.45) is 12.8. The summed E-state index contributed by atoms with van der Waals surface area (Å²) in [6.45, 7) is 5.71. The van der Waals surface area contributed by atoms with E-state index in [1.807, 2.05) is 0 Å². The second-order valence-electron chi connectivity index (χ2n) is 7.48. The third-order valence-electron chi connectivity index (χ3n) is 5.08. The lowest BCUT2D eigenvalue weighted by Gasteiger charge is -2.19. The Morgan fingerprint density at radius 2 is 1.62 bits per heavy atom. The first-order valence-corrected chi connectivity index (χ1v) is 10.6. The first kappa shape index (κ1) is 22.9. The highest BCUT2D eigenvalue weighted by molar-refractivity contribution is 5.89. The Hall–Kier alpha value is -2.35. The number of aliphatic carboxylic acids is 2. The highest BCUT2D eigenvalue weighted by Gasteiger charge is 2.12. The molecule has 8 heteroatoms. The summed E-state index contributed by atoms with van der Waals surface area (Å²) >= 11 is 0. The number of nitrogens with zero attached hydrogens (tertiary/aromatic N) is 3. The van der Waals surface area contributed by atoms with Crippen LogP contribution in [-0.2, 0) is 22.6 Å². The van der Waals surface area contributed by atoms with Gasteiger partial charge in [-0.2, -0.15) is 0 Å². The lowest BCUT2D eigenvalue weighted by atomic mass is 10.1. The molecule has 3 heterocycles. The number of carbonyl (C=O) groups is 2. The number of hydrogen-bond donors (Lipinski definition) is 2. The second-order valence-corrected chi connectivity index (χ2v) is 7.48. The van der Waals surface area contributed by atoms with E-state index in [-0.39, 0.29) is 0 Å². The topological polar surface area (TPSA) is 105 Å². The van der Waals surface area contributed by atoms with Crippen LogP contribution in [0.25, 0.3) is 0 Å². The highest BCUT2D eigenvalue weighted by atomic mass is 16.5. The molecule has 0 aromatic carbocycles. The Labute approximate surface area is 172 Å². The van der Waals surface area contributed by atoms with Gasteiger partial charge in [0.1, 0.15) is 0 Å². The van der Waals surface area contributed by atoms with Crippen LogP contribution in [0.4, 0.5) is 0 Å². The van der Waals surface area contributed by atoms with Crippen molar-refractivity contribution < 1.29 is 24.5 Å². The number of likely N-dealkylation sites (tertiary alicyclic amines) is 1. The number of hydrogen-bond acceptors (Lipinski definition) is 5. The summed E-state index contributed by atoms with van der Waals surface area (Å²) in [6, 6.07) is 2.13. The van der Waals surface area contributed by atoms with Gasteiger partial charge in [0.25, 0.3) is 0 Å². The van der Waals surface area contributed by atoms with Gasteiger partial charge in [0.15, 0.2) is 0 Å². The summed E-state index contributed by atoms with van der Waals surface area (Å²) in [5.74, 6) is -1.68. The van der Waals surface area contributed by atoms with Crippen LogP contribution >= 0.6 is 0 Å². The maximum atomic E-state index is 9.55. The number of fused-ring (bicyclic) bond motifs is 1. The third kappa shape index (κ3) is 9.60. The molecule has 29 heavy (non-hydrogen) atoms. The van der Waals surface area contributed by atoms with Gasteiger partial charge >= 0.3 is 11.9 Å². The zero-order valence-corrected chi connectivity index (χ0v) is 17.1. The fourth-order valence-corrected chi connectivity index (χ4v) is 3.58. The van der Waals surface area contributed by atoms with Gasteiger partial charge in [0.05, 0.1) is 6.61 Å². The molecule has 8 nitrogen and oxygen atoms in total. The first-order chi connectivity index (χ1) is 14.0. The van der Waals surface area contributed by atoms with Crippen LogP contribution in [0, 0.1) is 0 Å². The van der Waals surface area contributed by atoms with Crippen LogP contribution in [0.15, 0.2) is 18.2 Å². The predicted octanol–water partition coefficient (Wildman–Crippen LogP) is 2.97. The summed E-state index contributed by atoms with van der Waals surface area (Å²) in [5, 5.41) is 20.2. The smallest absolute Gasteiger partial charge is 0.328 e. The molecule has 0 saturated carbocycles. The summed E-state index contributed by atoms with van der Waals surface area (Å²) in [4.78, 5) is 21.7. The van der Waals surface area contributed by atoms with Crippen LogP contribution in [0.2, 0.25) is 0 Å². The monoisotopic (exact) mass is 407 g/mol. The van der Waals surface area contributed by atoms with Gasteiger partial charge in [-0.05, 0) is 64.6 Å². The molecule has 1 fully saturated rings. The zero-order chi connectivity index (χ0) is 20.9. The van der Waals surface area contributed by atoms with Crippen LogP contribution < -0.4 is 4.74 Å². The molecule has 2 N–H and O–H groups in total. The maximum absolute atomic E-state index is 9.55. The van der Waals surface area contributed by atoms with Gasteiger partial charge in [0, 0.05) is 30.5 Å². The number of unbranched alkanes of at least 4 members (excludes halogenated alkanes) is 1. The van der Waals surface area contributed by atoms with Crippen molar-refractivity contribution in [2.45, 2.75) is 64.3 Å². The van der Waals surface area contributed by atoms with Crippen LogP contribution in [0.1, 0.15) is 57.1 Å². The standard InChI is InChI=1S/C17H29N3O.C4H4O4/c1-2-5-11-19(10-4-1)12-7-8-14-21-17-15-16-9-3-6-13-20(16)18-17;5-3(6)1-2-4(7)8/h15H,1-14H2;1-2H,(H,5,6)(H,7,8)/b;2-1-. The number of aryl methyl sites for hydroxylation is 2. The molecule has 3 rings (SSSR count). The molecular weight excluding hydrogens is 374 g/mol. The number of carboxylic acids is 2. The minimum absolute atomic E-state index is 0.558. The van der Waals surface area contributed by atoms with Crippen molar-refractivity contribution in [2.24, 2.45) is 0 Å². The zero-order valence-electron chi connectivity index (χ0n) is 17.1. The lowest BCUT2D eigenvalue weighted by Crippen LogP contribution is -2.25. The molecule has 0 atom stereocenters. The summed E-state index contributed by atoms with van der Waals surface area (Å²) in [5.41, 5.74) is 1.35. The van der Waals surface area contributed by atoms with Crippen molar-refractivity contribution in [3.8, 4) is 5.88 Å². The van der Waals surface area contributed by atoms with Gasteiger partial charge in [0.2, 0.25) is 5.88 Å². The van der Waals surface area contributed by atoms with Crippen molar-refractivity contribution in [3.05, 3.63) is 23.9 Å². The Kier molecular flexibility index (Phi) is 10.3. The number of rotatable bonds is 8. The van der Waals surface area contributed by atoms with E-state index in [4.69, 9.17) is 14.9 Å². The van der Waals surface area contributed by atoms with E-state index < -0.39 is 11.9 Å². The molecule has 1 saturated heterocycles. The summed E-state index contributed by atoms with van der Waals surface area (Å²) in [7, 11) is 0. The Morgan fingerprint density at radius 1 is 0.966 bits per heavy atom. The number of ether oxygens (including phenoxy) is 1. The van der Waals surface area contributed by atoms with Crippen molar-refractivity contribution in [1.29, 1.82) is 0 Å².